The highest BCUT2D eigenvalue weighted by molar-refractivity contribution is 7.90. The zero-order valence-electron chi connectivity index (χ0n) is 10.7. The lowest BCUT2D eigenvalue weighted by molar-refractivity contribution is 1.28. The van der Waals surface area contributed by atoms with Crippen LogP contribution in [-0.4, -0.2) is 15.0 Å². The largest absolute Gasteiger partial charge is 0.241 e. The lowest BCUT2D eigenvalue weighted by Crippen LogP contribution is -2.20. The molecule has 0 aromatic carbocycles. The number of aromatic nitrogens is 3. The lowest BCUT2D eigenvalue weighted by atomic mass is 10.6. The van der Waals surface area contributed by atoms with Gasteiger partial charge in [-0.2, -0.15) is 0 Å². The van der Waals surface area contributed by atoms with E-state index in [9.17, 15) is 0 Å². The Labute approximate surface area is 125 Å². The highest BCUT2D eigenvalue weighted by Crippen LogP contribution is 2.36. The first kappa shape index (κ1) is 13.3. The molecule has 3 heterocycles. The summed E-state index contributed by atoms with van der Waals surface area (Å²) in [6.45, 7) is 6.11. The molecule has 0 saturated carbocycles. The molecule has 0 aliphatic heterocycles. The van der Waals surface area contributed by atoms with Gasteiger partial charge in [-0.3, -0.25) is 0 Å². The molecular weight excluding hydrogens is 313 g/mol. The van der Waals surface area contributed by atoms with Gasteiger partial charge in [0.15, 0.2) is 0 Å². The van der Waals surface area contributed by atoms with Crippen molar-refractivity contribution in [1.29, 1.82) is 0 Å². The number of rotatable bonds is 3. The molecule has 3 rings (SSSR count). The highest BCUT2D eigenvalue weighted by Gasteiger charge is 2.25. The van der Waals surface area contributed by atoms with Gasteiger partial charge in [-0.1, -0.05) is 0 Å². The van der Waals surface area contributed by atoms with E-state index in [0.29, 0.717) is 0 Å². The summed E-state index contributed by atoms with van der Waals surface area (Å²) >= 11 is 5.15. The van der Waals surface area contributed by atoms with Crippen LogP contribution >= 0.6 is 41.9 Å². The van der Waals surface area contributed by atoms with Crippen molar-refractivity contribution in [2.24, 2.45) is 0 Å². The minimum absolute atomic E-state index is 0.661. The number of hydrogen-bond donors (Lipinski definition) is 0. The number of hydrogen-bond acceptors (Lipinski definition) is 6. The molecule has 0 atom stereocenters. The Hall–Kier alpha value is -0.680. The second kappa shape index (κ2) is 5.37. The molecule has 3 nitrogen and oxygen atoms in total. The zero-order valence-corrected chi connectivity index (χ0v) is 14.1. The molecule has 0 saturated heterocycles. The summed E-state index contributed by atoms with van der Waals surface area (Å²) in [5, 5.41) is 6.31. The molecule has 7 heteroatoms. The smallest absolute Gasteiger partial charge is 0.129 e. The third-order valence-electron chi connectivity index (χ3n) is 2.39. The van der Waals surface area contributed by atoms with Crippen LogP contribution in [0.5, 0.6) is 0 Å². The van der Waals surface area contributed by atoms with Crippen LogP contribution in [0.1, 0.15) is 17.1 Å². The van der Waals surface area contributed by atoms with E-state index in [2.05, 4.69) is 31.1 Å². The van der Waals surface area contributed by atoms with Crippen LogP contribution in [0.2, 0.25) is 0 Å². The molecule has 0 N–H and O–H groups in total. The molecule has 0 spiro atoms. The van der Waals surface area contributed by atoms with E-state index in [0.717, 1.165) is 31.3 Å². The number of nitrogens with zero attached hydrogens (tertiary/aromatic N) is 3. The van der Waals surface area contributed by atoms with Gasteiger partial charge in [0.2, 0.25) is 0 Å². The summed E-state index contributed by atoms with van der Waals surface area (Å²) in [6, 6.07) is 0. The maximum absolute atomic E-state index is 4.66. The summed E-state index contributed by atoms with van der Waals surface area (Å²) in [7, 11) is -0.661. The van der Waals surface area contributed by atoms with E-state index in [1.54, 1.807) is 34.0 Å². The van der Waals surface area contributed by atoms with Crippen LogP contribution in [0.4, 0.5) is 0 Å². The molecule has 19 heavy (non-hydrogen) atoms. The van der Waals surface area contributed by atoms with Gasteiger partial charge in [0.25, 0.3) is 0 Å². The van der Waals surface area contributed by atoms with Crippen LogP contribution in [0.15, 0.2) is 16.1 Å². The first-order valence-electron chi connectivity index (χ1n) is 5.70. The number of aryl methyl sites for hydroxylation is 3. The van der Waals surface area contributed by atoms with E-state index >= 15 is 0 Å². The Morgan fingerprint density at radius 3 is 1.21 bits per heavy atom. The fraction of sp³-hybridized carbons (Fsp3) is 0.250. The molecular formula is C12H12N3PS3. The van der Waals surface area contributed by atoms with Crippen molar-refractivity contribution in [3.8, 4) is 0 Å². The maximum Gasteiger partial charge on any atom is 0.129 e. The van der Waals surface area contributed by atoms with Gasteiger partial charge < -0.3 is 0 Å². The second-order valence-corrected chi connectivity index (χ2v) is 9.57. The lowest BCUT2D eigenvalue weighted by Gasteiger charge is -2.08. The van der Waals surface area contributed by atoms with Crippen molar-refractivity contribution in [2.45, 2.75) is 20.8 Å². The summed E-state index contributed by atoms with van der Waals surface area (Å²) < 4.78 is 3.45. The summed E-state index contributed by atoms with van der Waals surface area (Å²) in [5.74, 6) is 0. The summed E-state index contributed by atoms with van der Waals surface area (Å²) in [5.41, 5.74) is 3.23. The zero-order chi connectivity index (χ0) is 13.4. The van der Waals surface area contributed by atoms with Crippen LogP contribution in [0.3, 0.4) is 0 Å². The fourth-order valence-electron chi connectivity index (χ4n) is 1.58. The highest BCUT2D eigenvalue weighted by atomic mass is 32.1. The average molecular weight is 325 g/mol. The van der Waals surface area contributed by atoms with Gasteiger partial charge in [-0.05, 0) is 20.8 Å². The Morgan fingerprint density at radius 1 is 0.684 bits per heavy atom. The first-order valence-corrected chi connectivity index (χ1v) is 9.68. The van der Waals surface area contributed by atoms with Gasteiger partial charge in [0.05, 0.1) is 7.92 Å². The van der Waals surface area contributed by atoms with Gasteiger partial charge in [0, 0.05) is 33.2 Å². The molecule has 0 radical (unpaired) electrons. The van der Waals surface area contributed by atoms with E-state index < -0.39 is 7.92 Å². The maximum atomic E-state index is 4.66. The van der Waals surface area contributed by atoms with Gasteiger partial charge in [0.1, 0.15) is 14.2 Å². The van der Waals surface area contributed by atoms with E-state index in [1.165, 1.54) is 0 Å². The Bertz CT molecular complexity index is 605. The minimum atomic E-state index is -0.661. The van der Waals surface area contributed by atoms with Crippen LogP contribution in [0.25, 0.3) is 0 Å². The molecule has 0 unspecified atom stereocenters. The van der Waals surface area contributed by atoms with Crippen molar-refractivity contribution in [3.63, 3.8) is 0 Å². The minimum Gasteiger partial charge on any atom is -0.241 e. The van der Waals surface area contributed by atoms with Crippen molar-refractivity contribution >= 4 is 56.2 Å². The van der Waals surface area contributed by atoms with Gasteiger partial charge in [-0.25, -0.2) is 15.0 Å². The van der Waals surface area contributed by atoms with Crippen LogP contribution in [0, 0.1) is 20.8 Å². The van der Waals surface area contributed by atoms with Crippen molar-refractivity contribution in [2.75, 3.05) is 0 Å². The Morgan fingerprint density at radius 2 is 1.00 bits per heavy atom. The first-order chi connectivity index (χ1) is 9.13. The van der Waals surface area contributed by atoms with Gasteiger partial charge in [-0.15, -0.1) is 34.0 Å². The predicted octanol–water partition coefficient (Wildman–Crippen LogP) is 2.74. The molecule has 98 valence electrons. The molecule has 0 aliphatic carbocycles. The van der Waals surface area contributed by atoms with Gasteiger partial charge >= 0.3 is 0 Å². The summed E-state index contributed by atoms with van der Waals surface area (Å²) in [6.07, 6.45) is 0. The van der Waals surface area contributed by atoms with Crippen molar-refractivity contribution in [3.05, 3.63) is 33.2 Å². The Kier molecular flexibility index (Phi) is 3.76. The van der Waals surface area contributed by atoms with Crippen molar-refractivity contribution in [1.82, 2.24) is 15.0 Å². The second-order valence-electron chi connectivity index (χ2n) is 4.15. The number of thiazole rings is 3. The summed E-state index contributed by atoms with van der Waals surface area (Å²) in [4.78, 5) is 14.0. The molecule has 0 amide bonds. The Balaban J connectivity index is 2.10. The third kappa shape index (κ3) is 2.77. The molecule has 3 aromatic rings. The average Bonchev–Trinajstić information content (AvgIpc) is 3.05. The van der Waals surface area contributed by atoms with E-state index in [4.69, 9.17) is 0 Å². The van der Waals surface area contributed by atoms with E-state index in [-0.39, 0.29) is 0 Å². The monoisotopic (exact) mass is 325 g/mol. The molecule has 3 aromatic heterocycles. The van der Waals surface area contributed by atoms with Crippen LogP contribution < -0.4 is 14.2 Å². The quantitative estimate of drug-likeness (QED) is 0.695. The SMILES string of the molecule is Cc1csc(P(c2nc(C)cs2)c2nc(C)cs2)n1. The topological polar surface area (TPSA) is 38.7 Å². The molecule has 0 fully saturated rings. The van der Waals surface area contributed by atoms with Crippen LogP contribution in [-0.2, 0) is 0 Å². The molecule has 0 aliphatic rings. The third-order valence-corrected chi connectivity index (χ3v) is 8.72. The normalized spacial score (nSPS) is 11.4. The van der Waals surface area contributed by atoms with E-state index in [1.807, 2.05) is 20.8 Å². The standard InChI is InChI=1S/C12H12N3PS3/c1-7-4-17-10(13-7)16(11-14-8(2)5-18-11)12-15-9(3)6-19-12/h4-6H,1-3H3. The van der Waals surface area contributed by atoms with Crippen molar-refractivity contribution < 1.29 is 0 Å². The molecule has 0 bridgehead atoms. The fourth-order valence-corrected chi connectivity index (χ4v) is 8.23. The predicted molar refractivity (Wildman–Crippen MR) is 86.4 cm³/mol.